The highest BCUT2D eigenvalue weighted by molar-refractivity contribution is 5.78. The maximum Gasteiger partial charge on any atom is 0.405 e. The van der Waals surface area contributed by atoms with Crippen molar-refractivity contribution in [2.75, 3.05) is 0 Å². The average molecular weight is 210 g/mol. The van der Waals surface area contributed by atoms with Crippen molar-refractivity contribution in [1.29, 1.82) is 0 Å². The van der Waals surface area contributed by atoms with Gasteiger partial charge < -0.3 is 0 Å². The normalized spacial score (nSPS) is 24.9. The van der Waals surface area contributed by atoms with E-state index in [0.29, 0.717) is 0 Å². The van der Waals surface area contributed by atoms with Crippen LogP contribution in [0.3, 0.4) is 0 Å². The van der Waals surface area contributed by atoms with Crippen LogP contribution in [0, 0.1) is 0 Å². The molecule has 1 saturated heterocycles. The van der Waals surface area contributed by atoms with Crippen LogP contribution in [-0.4, -0.2) is 28.7 Å². The van der Waals surface area contributed by atoms with Gasteiger partial charge >= 0.3 is 6.18 Å². The summed E-state index contributed by atoms with van der Waals surface area (Å²) in [6.07, 6.45) is -4.23. The third kappa shape index (κ3) is 2.00. The van der Waals surface area contributed by atoms with E-state index in [9.17, 15) is 18.0 Å². The highest BCUT2D eigenvalue weighted by Gasteiger charge is 2.49. The summed E-state index contributed by atoms with van der Waals surface area (Å²) >= 11 is 0. The van der Waals surface area contributed by atoms with Crippen LogP contribution < -0.4 is 5.43 Å². The lowest BCUT2D eigenvalue weighted by Crippen LogP contribution is -2.55. The third-order valence-corrected chi connectivity index (χ3v) is 2.35. The Bertz CT molecular complexity index is 249. The zero-order chi connectivity index (χ0) is 11.1. The predicted molar refractivity (Wildman–Crippen MR) is 44.2 cm³/mol. The Morgan fingerprint density at radius 2 is 2.00 bits per heavy atom. The molecule has 0 spiro atoms. The summed E-state index contributed by atoms with van der Waals surface area (Å²) in [6, 6.07) is -1.66. The van der Waals surface area contributed by atoms with Crippen LogP contribution in [0.4, 0.5) is 13.2 Å². The van der Waals surface area contributed by atoms with Gasteiger partial charge in [0.1, 0.15) is 6.04 Å². The van der Waals surface area contributed by atoms with Crippen LogP contribution in [-0.2, 0) is 4.79 Å². The van der Waals surface area contributed by atoms with E-state index in [1.165, 1.54) is 0 Å². The van der Waals surface area contributed by atoms with E-state index >= 15 is 0 Å². The van der Waals surface area contributed by atoms with E-state index in [-0.39, 0.29) is 12.3 Å². The molecule has 1 atom stereocenters. The quantitative estimate of drug-likeness (QED) is 0.710. The summed E-state index contributed by atoms with van der Waals surface area (Å²) in [6.45, 7) is 4.24. The number of hydrogen-bond donors (Lipinski definition) is 1. The van der Waals surface area contributed by atoms with E-state index in [4.69, 9.17) is 0 Å². The summed E-state index contributed by atoms with van der Waals surface area (Å²) in [5, 5.41) is 0.968. The predicted octanol–water partition coefficient (Wildman–Crippen LogP) is 1.45. The minimum Gasteiger partial charge on any atom is -0.288 e. The molecule has 1 aliphatic rings. The summed E-state index contributed by atoms with van der Waals surface area (Å²) in [5.41, 5.74) is 1.44. The summed E-state index contributed by atoms with van der Waals surface area (Å²) in [7, 11) is 0. The van der Waals surface area contributed by atoms with E-state index in [2.05, 4.69) is 5.43 Å². The molecule has 6 heteroatoms. The van der Waals surface area contributed by atoms with Crippen molar-refractivity contribution in [3.8, 4) is 0 Å². The standard InChI is InChI=1S/C8H13F3N2O/c1-5(8(9,10)11)13-7(2,3)4-6(14)12-13/h5H,4H2,1-3H3,(H,12,14)/t5-/m0/s1. The Morgan fingerprint density at radius 1 is 1.50 bits per heavy atom. The molecule has 0 unspecified atom stereocenters. The second-order valence-electron chi connectivity index (χ2n) is 4.11. The van der Waals surface area contributed by atoms with Crippen LogP contribution in [0.2, 0.25) is 0 Å². The van der Waals surface area contributed by atoms with Gasteiger partial charge in [0.2, 0.25) is 5.91 Å². The van der Waals surface area contributed by atoms with Crippen molar-refractivity contribution in [3.63, 3.8) is 0 Å². The Morgan fingerprint density at radius 3 is 2.29 bits per heavy atom. The molecule has 0 aromatic rings. The van der Waals surface area contributed by atoms with E-state index in [0.717, 1.165) is 11.9 Å². The molecule has 0 saturated carbocycles. The Labute approximate surface area is 80.2 Å². The van der Waals surface area contributed by atoms with Crippen molar-refractivity contribution in [2.45, 2.75) is 44.9 Å². The van der Waals surface area contributed by atoms with E-state index in [1.54, 1.807) is 13.8 Å². The highest BCUT2D eigenvalue weighted by Crippen LogP contribution is 2.32. The minimum absolute atomic E-state index is 0.0907. The van der Waals surface area contributed by atoms with Gasteiger partial charge in [-0.25, -0.2) is 5.01 Å². The lowest BCUT2D eigenvalue weighted by Gasteiger charge is -2.35. The van der Waals surface area contributed by atoms with Crippen molar-refractivity contribution in [3.05, 3.63) is 0 Å². The Balaban J connectivity index is 2.83. The molecule has 1 N–H and O–H groups in total. The number of hydrogen-bond acceptors (Lipinski definition) is 2. The highest BCUT2D eigenvalue weighted by atomic mass is 19.4. The van der Waals surface area contributed by atoms with Gasteiger partial charge in [0.25, 0.3) is 0 Å². The summed E-state index contributed by atoms with van der Waals surface area (Å²) in [4.78, 5) is 11.0. The molecule has 0 aromatic carbocycles. The van der Waals surface area contributed by atoms with Crippen molar-refractivity contribution in [1.82, 2.24) is 10.4 Å². The molecule has 1 amide bonds. The van der Waals surface area contributed by atoms with E-state index < -0.39 is 17.8 Å². The second-order valence-corrected chi connectivity index (χ2v) is 4.11. The molecule has 3 nitrogen and oxygen atoms in total. The smallest absolute Gasteiger partial charge is 0.288 e. The molecule has 0 aliphatic carbocycles. The average Bonchev–Trinajstić information content (AvgIpc) is 2.20. The number of hydrazine groups is 1. The number of nitrogens with zero attached hydrogens (tertiary/aromatic N) is 1. The molecule has 1 aliphatic heterocycles. The topological polar surface area (TPSA) is 32.3 Å². The number of carbonyl (C=O) groups is 1. The molecule has 0 bridgehead atoms. The van der Waals surface area contributed by atoms with Gasteiger partial charge in [-0.3, -0.25) is 10.2 Å². The van der Waals surface area contributed by atoms with Gasteiger partial charge in [-0.05, 0) is 20.8 Å². The molecule has 82 valence electrons. The first kappa shape index (κ1) is 11.3. The van der Waals surface area contributed by atoms with Gasteiger partial charge in [-0.2, -0.15) is 13.2 Å². The zero-order valence-electron chi connectivity index (χ0n) is 8.27. The first-order chi connectivity index (χ1) is 6.14. The van der Waals surface area contributed by atoms with Crippen molar-refractivity contribution in [2.24, 2.45) is 0 Å². The Kier molecular flexibility index (Phi) is 2.51. The number of nitrogens with one attached hydrogen (secondary N) is 1. The third-order valence-electron chi connectivity index (χ3n) is 2.35. The van der Waals surface area contributed by atoms with Crippen LogP contribution in [0.25, 0.3) is 0 Å². The number of carbonyl (C=O) groups excluding carboxylic acids is 1. The van der Waals surface area contributed by atoms with Gasteiger partial charge in [0.15, 0.2) is 0 Å². The molecule has 14 heavy (non-hydrogen) atoms. The molecular weight excluding hydrogens is 197 g/mol. The lowest BCUT2D eigenvalue weighted by atomic mass is 10.0. The Hall–Kier alpha value is -0.780. The van der Waals surface area contributed by atoms with Crippen LogP contribution in [0.5, 0.6) is 0 Å². The van der Waals surface area contributed by atoms with E-state index in [1.807, 2.05) is 0 Å². The molecule has 1 fully saturated rings. The van der Waals surface area contributed by atoms with Crippen LogP contribution in [0.1, 0.15) is 27.2 Å². The second kappa shape index (κ2) is 3.12. The first-order valence-corrected chi connectivity index (χ1v) is 4.30. The fourth-order valence-corrected chi connectivity index (χ4v) is 1.57. The molecule has 1 rings (SSSR count). The molecular formula is C8H13F3N2O. The summed E-state index contributed by atoms with van der Waals surface area (Å²) < 4.78 is 37.1. The lowest BCUT2D eigenvalue weighted by molar-refractivity contribution is -0.195. The minimum atomic E-state index is -4.32. The number of amides is 1. The monoisotopic (exact) mass is 210 g/mol. The van der Waals surface area contributed by atoms with Crippen molar-refractivity contribution >= 4 is 5.91 Å². The molecule has 0 aromatic heterocycles. The number of halogens is 3. The maximum absolute atomic E-state index is 12.4. The van der Waals surface area contributed by atoms with Crippen LogP contribution >= 0.6 is 0 Å². The largest absolute Gasteiger partial charge is 0.405 e. The van der Waals surface area contributed by atoms with Gasteiger partial charge in [0.05, 0.1) is 0 Å². The first-order valence-electron chi connectivity index (χ1n) is 4.30. The van der Waals surface area contributed by atoms with Crippen molar-refractivity contribution < 1.29 is 18.0 Å². The summed E-state index contributed by atoms with van der Waals surface area (Å²) in [5.74, 6) is -0.369. The number of alkyl halides is 3. The van der Waals surface area contributed by atoms with Gasteiger partial charge in [0, 0.05) is 12.0 Å². The fraction of sp³-hybridized carbons (Fsp3) is 0.875. The van der Waals surface area contributed by atoms with Gasteiger partial charge in [-0.1, -0.05) is 0 Å². The maximum atomic E-state index is 12.4. The molecule has 0 radical (unpaired) electrons. The van der Waals surface area contributed by atoms with Gasteiger partial charge in [-0.15, -0.1) is 0 Å². The van der Waals surface area contributed by atoms with Crippen LogP contribution in [0.15, 0.2) is 0 Å². The number of rotatable bonds is 1. The zero-order valence-corrected chi connectivity index (χ0v) is 8.27. The fourth-order valence-electron chi connectivity index (χ4n) is 1.57. The molecule has 1 heterocycles. The SMILES string of the molecule is C[C@H](N1NC(=O)CC1(C)C)C(F)(F)F.